The Morgan fingerprint density at radius 1 is 1.77 bits per heavy atom. The van der Waals surface area contributed by atoms with Gasteiger partial charge in [0.1, 0.15) is 0 Å². The number of rotatable bonds is 2. The molecule has 0 spiro atoms. The van der Waals surface area contributed by atoms with Crippen molar-refractivity contribution in [3.05, 3.63) is 29.6 Å². The Morgan fingerprint density at radius 2 is 2.62 bits per heavy atom. The Labute approximate surface area is 75.2 Å². The van der Waals surface area contributed by atoms with Crippen LogP contribution in [0.2, 0.25) is 0 Å². The monoisotopic (exact) mass is 179 g/mol. The van der Waals surface area contributed by atoms with Crippen LogP contribution in [0.4, 0.5) is 0 Å². The summed E-state index contributed by atoms with van der Waals surface area (Å²) in [6.07, 6.45) is 1.38. The molecular formula is C9H9NO3. The molecule has 0 saturated carbocycles. The average molecular weight is 179 g/mol. The fourth-order valence-corrected chi connectivity index (χ4v) is 1.46. The Kier molecular flexibility index (Phi) is 1.98. The van der Waals surface area contributed by atoms with Crippen LogP contribution in [0.5, 0.6) is 0 Å². The molecule has 1 aliphatic heterocycles. The third-order valence-corrected chi connectivity index (χ3v) is 2.05. The van der Waals surface area contributed by atoms with E-state index in [4.69, 9.17) is 9.84 Å². The van der Waals surface area contributed by atoms with Crippen LogP contribution in [0.1, 0.15) is 23.8 Å². The number of aromatic nitrogens is 1. The summed E-state index contributed by atoms with van der Waals surface area (Å²) in [5.74, 6) is -0.846. The van der Waals surface area contributed by atoms with Crippen molar-refractivity contribution < 1.29 is 14.6 Å². The minimum atomic E-state index is -0.846. The SMILES string of the molecule is O=C(O)CC1OCc2ncccc21. The fraction of sp³-hybridized carbons (Fsp3) is 0.333. The topological polar surface area (TPSA) is 59.4 Å². The van der Waals surface area contributed by atoms with Gasteiger partial charge >= 0.3 is 5.97 Å². The van der Waals surface area contributed by atoms with Crippen LogP contribution in [0.25, 0.3) is 0 Å². The molecule has 1 aromatic rings. The molecule has 0 aromatic carbocycles. The van der Waals surface area contributed by atoms with E-state index in [9.17, 15) is 4.79 Å². The van der Waals surface area contributed by atoms with Crippen LogP contribution in [0.3, 0.4) is 0 Å². The Balaban J connectivity index is 2.23. The van der Waals surface area contributed by atoms with Crippen molar-refractivity contribution >= 4 is 5.97 Å². The van der Waals surface area contributed by atoms with Crippen molar-refractivity contribution in [2.45, 2.75) is 19.1 Å². The summed E-state index contributed by atoms with van der Waals surface area (Å²) in [6, 6.07) is 3.66. The van der Waals surface area contributed by atoms with Gasteiger partial charge in [0.15, 0.2) is 0 Å². The number of carboxylic acid groups (broad SMARTS) is 1. The maximum absolute atomic E-state index is 10.5. The van der Waals surface area contributed by atoms with E-state index in [1.165, 1.54) is 0 Å². The van der Waals surface area contributed by atoms with E-state index >= 15 is 0 Å². The zero-order valence-electron chi connectivity index (χ0n) is 6.93. The van der Waals surface area contributed by atoms with Gasteiger partial charge in [-0.1, -0.05) is 6.07 Å². The van der Waals surface area contributed by atoms with Crippen LogP contribution in [0.15, 0.2) is 18.3 Å². The Hall–Kier alpha value is -1.42. The van der Waals surface area contributed by atoms with Gasteiger partial charge in [0.25, 0.3) is 0 Å². The number of hydrogen-bond acceptors (Lipinski definition) is 3. The lowest BCUT2D eigenvalue weighted by atomic mass is 10.1. The maximum atomic E-state index is 10.5. The summed E-state index contributed by atoms with van der Waals surface area (Å²) in [6.45, 7) is 0.425. The molecule has 1 unspecified atom stereocenters. The first kappa shape index (κ1) is 8.19. The van der Waals surface area contributed by atoms with Crippen LogP contribution >= 0.6 is 0 Å². The van der Waals surface area contributed by atoms with Gasteiger partial charge in [-0.15, -0.1) is 0 Å². The van der Waals surface area contributed by atoms with Crippen molar-refractivity contribution in [3.63, 3.8) is 0 Å². The molecule has 2 rings (SSSR count). The number of pyridine rings is 1. The van der Waals surface area contributed by atoms with Gasteiger partial charge in [-0.3, -0.25) is 9.78 Å². The molecular weight excluding hydrogens is 170 g/mol. The van der Waals surface area contributed by atoms with E-state index in [0.29, 0.717) is 6.61 Å². The first-order valence-corrected chi connectivity index (χ1v) is 4.04. The molecule has 1 aromatic heterocycles. The first-order chi connectivity index (χ1) is 6.27. The highest BCUT2D eigenvalue weighted by Gasteiger charge is 2.25. The van der Waals surface area contributed by atoms with Crippen molar-refractivity contribution in [2.75, 3.05) is 0 Å². The maximum Gasteiger partial charge on any atom is 0.306 e. The Bertz CT molecular complexity index is 337. The number of carbonyl (C=O) groups is 1. The van der Waals surface area contributed by atoms with Crippen molar-refractivity contribution in [3.8, 4) is 0 Å². The zero-order chi connectivity index (χ0) is 9.26. The minimum absolute atomic E-state index is 0.0126. The van der Waals surface area contributed by atoms with E-state index in [-0.39, 0.29) is 12.5 Å². The van der Waals surface area contributed by atoms with Gasteiger partial charge in [-0.25, -0.2) is 0 Å². The molecule has 0 radical (unpaired) electrons. The zero-order valence-corrected chi connectivity index (χ0v) is 6.93. The number of ether oxygens (including phenoxy) is 1. The number of aliphatic carboxylic acids is 1. The molecule has 1 aliphatic rings. The number of hydrogen-bond donors (Lipinski definition) is 1. The van der Waals surface area contributed by atoms with Crippen molar-refractivity contribution in [2.24, 2.45) is 0 Å². The minimum Gasteiger partial charge on any atom is -0.481 e. The van der Waals surface area contributed by atoms with Gasteiger partial charge in [-0.05, 0) is 6.07 Å². The van der Waals surface area contributed by atoms with E-state index in [2.05, 4.69) is 4.98 Å². The standard InChI is InChI=1S/C9H9NO3/c11-9(12)4-8-6-2-1-3-10-7(6)5-13-8/h1-3,8H,4-5H2,(H,11,12). The van der Waals surface area contributed by atoms with Gasteiger partial charge in [0.05, 0.1) is 24.8 Å². The highest BCUT2D eigenvalue weighted by atomic mass is 16.5. The second-order valence-electron chi connectivity index (χ2n) is 2.94. The molecule has 13 heavy (non-hydrogen) atoms. The predicted octanol–water partition coefficient (Wildman–Crippen LogP) is 1.13. The van der Waals surface area contributed by atoms with Gasteiger partial charge in [-0.2, -0.15) is 0 Å². The van der Waals surface area contributed by atoms with E-state index in [0.717, 1.165) is 11.3 Å². The van der Waals surface area contributed by atoms with Crippen LogP contribution in [-0.4, -0.2) is 16.1 Å². The molecule has 0 fully saturated rings. The number of fused-ring (bicyclic) bond motifs is 1. The summed E-state index contributed by atoms with van der Waals surface area (Å²) in [7, 11) is 0. The molecule has 0 saturated heterocycles. The lowest BCUT2D eigenvalue weighted by Crippen LogP contribution is -2.04. The van der Waals surface area contributed by atoms with Crippen LogP contribution in [-0.2, 0) is 16.1 Å². The summed E-state index contributed by atoms with van der Waals surface area (Å²) in [5, 5.41) is 8.60. The quantitative estimate of drug-likeness (QED) is 0.739. The Morgan fingerprint density at radius 3 is 3.38 bits per heavy atom. The highest BCUT2D eigenvalue weighted by molar-refractivity contribution is 5.67. The predicted molar refractivity (Wildman–Crippen MR) is 44.0 cm³/mol. The van der Waals surface area contributed by atoms with Gasteiger partial charge < -0.3 is 9.84 Å². The molecule has 4 heteroatoms. The van der Waals surface area contributed by atoms with Crippen molar-refractivity contribution in [1.82, 2.24) is 4.98 Å². The summed E-state index contributed by atoms with van der Waals surface area (Å²) >= 11 is 0. The summed E-state index contributed by atoms with van der Waals surface area (Å²) in [4.78, 5) is 14.6. The lowest BCUT2D eigenvalue weighted by molar-refractivity contribution is -0.140. The normalized spacial score (nSPS) is 19.8. The molecule has 1 atom stereocenters. The second-order valence-corrected chi connectivity index (χ2v) is 2.94. The smallest absolute Gasteiger partial charge is 0.306 e. The molecule has 0 aliphatic carbocycles. The van der Waals surface area contributed by atoms with E-state index < -0.39 is 5.97 Å². The number of nitrogens with zero attached hydrogens (tertiary/aromatic N) is 1. The molecule has 1 N–H and O–H groups in total. The average Bonchev–Trinajstić information content (AvgIpc) is 2.48. The van der Waals surface area contributed by atoms with Crippen molar-refractivity contribution in [1.29, 1.82) is 0 Å². The first-order valence-electron chi connectivity index (χ1n) is 4.04. The highest BCUT2D eigenvalue weighted by Crippen LogP contribution is 2.31. The molecule has 4 nitrogen and oxygen atoms in total. The molecule has 0 amide bonds. The fourth-order valence-electron chi connectivity index (χ4n) is 1.46. The van der Waals surface area contributed by atoms with Crippen LogP contribution in [0, 0.1) is 0 Å². The third-order valence-electron chi connectivity index (χ3n) is 2.05. The molecule has 2 heterocycles. The number of carboxylic acids is 1. The van der Waals surface area contributed by atoms with E-state index in [1.54, 1.807) is 12.3 Å². The van der Waals surface area contributed by atoms with Gasteiger partial charge in [0, 0.05) is 11.8 Å². The summed E-state index contributed by atoms with van der Waals surface area (Å²) in [5.41, 5.74) is 1.76. The lowest BCUT2D eigenvalue weighted by Gasteiger charge is -2.06. The van der Waals surface area contributed by atoms with Gasteiger partial charge in [0.2, 0.25) is 0 Å². The largest absolute Gasteiger partial charge is 0.481 e. The molecule has 0 bridgehead atoms. The summed E-state index contributed by atoms with van der Waals surface area (Å²) < 4.78 is 5.29. The third kappa shape index (κ3) is 1.53. The second kappa shape index (κ2) is 3.14. The molecule has 68 valence electrons. The van der Waals surface area contributed by atoms with E-state index in [1.807, 2.05) is 6.07 Å². The van der Waals surface area contributed by atoms with Crippen LogP contribution < -0.4 is 0 Å².